The lowest BCUT2D eigenvalue weighted by atomic mass is 9.88. The van der Waals surface area contributed by atoms with Gasteiger partial charge in [-0.05, 0) is 57.3 Å². The molecule has 2 atom stereocenters. The van der Waals surface area contributed by atoms with Crippen LogP contribution in [0, 0.1) is 17.3 Å². The highest BCUT2D eigenvalue weighted by atomic mass is 16.6. The summed E-state index contributed by atoms with van der Waals surface area (Å²) in [5, 5.41) is 9.35. The van der Waals surface area contributed by atoms with Crippen molar-refractivity contribution in [3.63, 3.8) is 0 Å². The third kappa shape index (κ3) is 3.41. The lowest BCUT2D eigenvalue weighted by Gasteiger charge is -2.34. The van der Waals surface area contributed by atoms with Crippen molar-refractivity contribution in [3.05, 3.63) is 0 Å². The van der Waals surface area contributed by atoms with Crippen molar-refractivity contribution in [1.29, 1.82) is 0 Å². The smallest absolute Gasteiger partial charge is 0.410 e. The van der Waals surface area contributed by atoms with Gasteiger partial charge in [-0.3, -0.25) is 0 Å². The molecule has 2 fully saturated rings. The molecule has 1 saturated carbocycles. The predicted octanol–water partition coefficient (Wildman–Crippen LogP) is 2.65. The van der Waals surface area contributed by atoms with Crippen LogP contribution in [0.4, 0.5) is 4.79 Å². The zero-order valence-corrected chi connectivity index (χ0v) is 12.6. The van der Waals surface area contributed by atoms with Crippen LogP contribution in [0.15, 0.2) is 0 Å². The molecule has 0 aromatic carbocycles. The second-order valence-electron chi connectivity index (χ2n) is 7.43. The van der Waals surface area contributed by atoms with Crippen LogP contribution < -0.4 is 0 Å². The Hall–Kier alpha value is -0.770. The van der Waals surface area contributed by atoms with Crippen LogP contribution in [0.1, 0.15) is 47.0 Å². The molecule has 1 aliphatic carbocycles. The Morgan fingerprint density at radius 2 is 1.95 bits per heavy atom. The van der Waals surface area contributed by atoms with Gasteiger partial charge in [-0.2, -0.15) is 0 Å². The number of ether oxygens (including phenoxy) is 1. The number of hydrogen-bond donors (Lipinski definition) is 1. The Morgan fingerprint density at radius 3 is 2.37 bits per heavy atom. The average molecular weight is 269 g/mol. The first kappa shape index (κ1) is 14.6. The topological polar surface area (TPSA) is 49.8 Å². The molecule has 0 bridgehead atoms. The fraction of sp³-hybridized carbons (Fsp3) is 0.933. The van der Waals surface area contributed by atoms with Gasteiger partial charge < -0.3 is 14.7 Å². The number of aliphatic hydroxyl groups is 1. The maximum atomic E-state index is 12.0. The highest BCUT2D eigenvalue weighted by Gasteiger charge is 2.53. The molecule has 0 aromatic rings. The van der Waals surface area contributed by atoms with Gasteiger partial charge in [0.25, 0.3) is 0 Å². The number of amides is 1. The third-order valence-electron chi connectivity index (χ3n) is 4.54. The van der Waals surface area contributed by atoms with Crippen LogP contribution in [-0.2, 0) is 4.74 Å². The monoisotopic (exact) mass is 269 g/mol. The van der Waals surface area contributed by atoms with Gasteiger partial charge in [0.1, 0.15) is 5.60 Å². The molecular weight excluding hydrogens is 242 g/mol. The summed E-state index contributed by atoms with van der Waals surface area (Å²) in [5.74, 6) is 1.31. The molecule has 1 heterocycles. The summed E-state index contributed by atoms with van der Waals surface area (Å²) < 4.78 is 5.40. The average Bonchev–Trinajstić information content (AvgIpc) is 3.01. The molecule has 2 unspecified atom stereocenters. The zero-order chi connectivity index (χ0) is 14.3. The van der Waals surface area contributed by atoms with Gasteiger partial charge in [-0.15, -0.1) is 0 Å². The molecular formula is C15H27NO3. The summed E-state index contributed by atoms with van der Waals surface area (Å²) in [5.41, 5.74) is -0.265. The van der Waals surface area contributed by atoms with Crippen molar-refractivity contribution in [2.45, 2.75) is 52.6 Å². The number of hydrogen-bond acceptors (Lipinski definition) is 3. The van der Waals surface area contributed by atoms with Gasteiger partial charge >= 0.3 is 6.09 Å². The van der Waals surface area contributed by atoms with E-state index in [1.165, 1.54) is 0 Å². The maximum Gasteiger partial charge on any atom is 0.410 e. The number of aliphatic hydroxyl groups excluding tert-OH is 1. The Morgan fingerprint density at radius 1 is 1.37 bits per heavy atom. The van der Waals surface area contributed by atoms with E-state index in [2.05, 4.69) is 6.92 Å². The van der Waals surface area contributed by atoms with Crippen molar-refractivity contribution < 1.29 is 14.6 Å². The molecule has 1 saturated heterocycles. The van der Waals surface area contributed by atoms with E-state index < -0.39 is 5.60 Å². The molecule has 19 heavy (non-hydrogen) atoms. The molecule has 2 aliphatic rings. The molecule has 110 valence electrons. The van der Waals surface area contributed by atoms with Gasteiger partial charge in [0.05, 0.1) is 0 Å². The lowest BCUT2D eigenvalue weighted by Crippen LogP contribution is -2.42. The third-order valence-corrected chi connectivity index (χ3v) is 4.54. The Kier molecular flexibility index (Phi) is 3.83. The van der Waals surface area contributed by atoms with Crippen molar-refractivity contribution >= 4 is 6.09 Å². The van der Waals surface area contributed by atoms with Crippen LogP contribution in [0.3, 0.4) is 0 Å². The summed E-state index contributed by atoms with van der Waals surface area (Å²) in [6, 6.07) is 0. The van der Waals surface area contributed by atoms with E-state index in [9.17, 15) is 9.90 Å². The Labute approximate surface area is 116 Å². The molecule has 1 amide bonds. The summed E-state index contributed by atoms with van der Waals surface area (Å²) in [6.45, 7) is 9.73. The maximum absolute atomic E-state index is 12.0. The number of carbonyl (C=O) groups is 1. The molecule has 0 spiro atoms. The molecule has 2 rings (SSSR count). The number of nitrogens with zero attached hydrogens (tertiary/aromatic N) is 1. The minimum Gasteiger partial charge on any atom is -0.444 e. The molecule has 0 radical (unpaired) electrons. The van der Waals surface area contributed by atoms with Gasteiger partial charge in [0, 0.05) is 19.7 Å². The highest BCUT2D eigenvalue weighted by Crippen LogP contribution is 2.57. The summed E-state index contributed by atoms with van der Waals surface area (Å²) in [7, 11) is 0. The first-order valence-electron chi connectivity index (χ1n) is 7.34. The van der Waals surface area contributed by atoms with E-state index in [4.69, 9.17) is 4.74 Å². The number of piperidine rings is 1. The molecule has 4 nitrogen and oxygen atoms in total. The first-order chi connectivity index (χ1) is 8.75. The van der Waals surface area contributed by atoms with E-state index in [0.717, 1.165) is 32.4 Å². The Balaban J connectivity index is 1.79. The van der Waals surface area contributed by atoms with E-state index >= 15 is 0 Å². The summed E-state index contributed by atoms with van der Waals surface area (Å²) in [6.07, 6.45) is 3.03. The molecule has 1 aliphatic heterocycles. The standard InChI is InChI=1S/C15H27NO3/c1-14(2,3)19-13(18)16-7-5-11(6-8-16)12-9-15(12,4)10-17/h11-12,17H,5-10H2,1-4H3. The Bertz CT molecular complexity index is 342. The van der Waals surface area contributed by atoms with Crippen LogP contribution >= 0.6 is 0 Å². The van der Waals surface area contributed by atoms with Crippen LogP contribution in [0.5, 0.6) is 0 Å². The van der Waals surface area contributed by atoms with Crippen LogP contribution in [0.25, 0.3) is 0 Å². The number of carbonyl (C=O) groups excluding carboxylic acids is 1. The minimum atomic E-state index is -0.417. The van der Waals surface area contributed by atoms with Crippen molar-refractivity contribution in [1.82, 2.24) is 4.90 Å². The fourth-order valence-corrected chi connectivity index (χ4v) is 3.17. The molecule has 4 heteroatoms. The van der Waals surface area contributed by atoms with Gasteiger partial charge in [0.2, 0.25) is 0 Å². The molecule has 0 aromatic heterocycles. The SMILES string of the molecule is CC(C)(C)OC(=O)N1CCC(C2CC2(C)CO)CC1. The quantitative estimate of drug-likeness (QED) is 0.838. The molecule has 1 N–H and O–H groups in total. The lowest BCUT2D eigenvalue weighted by molar-refractivity contribution is 0.0168. The second-order valence-corrected chi connectivity index (χ2v) is 7.43. The fourth-order valence-electron chi connectivity index (χ4n) is 3.17. The van der Waals surface area contributed by atoms with Crippen LogP contribution in [0.2, 0.25) is 0 Å². The zero-order valence-electron chi connectivity index (χ0n) is 12.6. The van der Waals surface area contributed by atoms with Gasteiger partial charge in [-0.1, -0.05) is 6.92 Å². The number of likely N-dealkylation sites (tertiary alicyclic amines) is 1. The van der Waals surface area contributed by atoms with Crippen LogP contribution in [-0.4, -0.2) is 41.4 Å². The van der Waals surface area contributed by atoms with E-state index in [1.807, 2.05) is 25.7 Å². The number of rotatable bonds is 2. The van der Waals surface area contributed by atoms with Gasteiger partial charge in [0.15, 0.2) is 0 Å². The summed E-state index contributed by atoms with van der Waals surface area (Å²) >= 11 is 0. The first-order valence-corrected chi connectivity index (χ1v) is 7.34. The van der Waals surface area contributed by atoms with Gasteiger partial charge in [-0.25, -0.2) is 4.79 Å². The van der Waals surface area contributed by atoms with Crippen molar-refractivity contribution in [2.75, 3.05) is 19.7 Å². The van der Waals surface area contributed by atoms with E-state index in [1.54, 1.807) is 0 Å². The largest absolute Gasteiger partial charge is 0.444 e. The predicted molar refractivity (Wildman–Crippen MR) is 73.8 cm³/mol. The van der Waals surface area contributed by atoms with Crippen molar-refractivity contribution in [2.24, 2.45) is 17.3 Å². The van der Waals surface area contributed by atoms with E-state index in [-0.39, 0.29) is 11.5 Å². The van der Waals surface area contributed by atoms with Crippen molar-refractivity contribution in [3.8, 4) is 0 Å². The second kappa shape index (κ2) is 4.97. The minimum absolute atomic E-state index is 0.152. The van der Waals surface area contributed by atoms with E-state index in [0.29, 0.717) is 18.4 Å². The highest BCUT2D eigenvalue weighted by molar-refractivity contribution is 5.68. The summed E-state index contributed by atoms with van der Waals surface area (Å²) in [4.78, 5) is 13.8. The normalized spacial score (nSPS) is 32.3.